The molecular weight excluding hydrogens is 312 g/mol. The minimum Gasteiger partial charge on any atom is -0.386 e. The van der Waals surface area contributed by atoms with E-state index in [1.54, 1.807) is 30.9 Å². The molecule has 0 amide bonds. The van der Waals surface area contributed by atoms with Gasteiger partial charge in [-0.2, -0.15) is 0 Å². The molecule has 114 valence electrons. The van der Waals surface area contributed by atoms with Crippen LogP contribution in [0.3, 0.4) is 0 Å². The molecule has 0 atom stereocenters. The van der Waals surface area contributed by atoms with Crippen LogP contribution in [-0.4, -0.2) is 26.2 Å². The van der Waals surface area contributed by atoms with Crippen LogP contribution in [-0.2, 0) is 6.54 Å². The van der Waals surface area contributed by atoms with Crippen LogP contribution in [0.2, 0.25) is 5.15 Å². The van der Waals surface area contributed by atoms with Crippen LogP contribution in [0.15, 0.2) is 49.3 Å². The van der Waals surface area contributed by atoms with E-state index in [0.717, 1.165) is 16.6 Å². The van der Waals surface area contributed by atoms with Crippen molar-refractivity contribution in [1.29, 1.82) is 5.41 Å². The van der Waals surface area contributed by atoms with Gasteiger partial charge in [0, 0.05) is 54.2 Å². The Morgan fingerprint density at radius 1 is 1.17 bits per heavy atom. The second-order valence-corrected chi connectivity index (χ2v) is 5.16. The molecule has 0 aliphatic rings. The molecule has 3 heterocycles. The molecule has 0 bridgehead atoms. The Morgan fingerprint density at radius 3 is 2.78 bits per heavy atom. The Bertz CT molecular complexity index is 863. The molecule has 3 rings (SSSR count). The molecule has 6 nitrogen and oxygen atoms in total. The first-order chi connectivity index (χ1) is 11.3. The van der Waals surface area contributed by atoms with Gasteiger partial charge in [0.1, 0.15) is 11.5 Å². The zero-order valence-corrected chi connectivity index (χ0v) is 12.8. The van der Waals surface area contributed by atoms with Gasteiger partial charge in [-0.15, -0.1) is 0 Å². The lowest BCUT2D eigenvalue weighted by molar-refractivity contribution is 0.856. The summed E-state index contributed by atoms with van der Waals surface area (Å²) in [6, 6.07) is 5.38. The summed E-state index contributed by atoms with van der Waals surface area (Å²) in [5.41, 5.74) is 3.89. The summed E-state index contributed by atoms with van der Waals surface area (Å²) in [6.07, 6.45) is 9.70. The van der Waals surface area contributed by atoms with Gasteiger partial charge in [-0.3, -0.25) is 4.98 Å². The molecule has 3 aromatic heterocycles. The second kappa shape index (κ2) is 6.93. The number of fused-ring (bicyclic) bond motifs is 1. The molecule has 0 spiro atoms. The van der Waals surface area contributed by atoms with E-state index in [0.29, 0.717) is 22.8 Å². The van der Waals surface area contributed by atoms with E-state index in [1.165, 1.54) is 12.5 Å². The van der Waals surface area contributed by atoms with E-state index < -0.39 is 0 Å². The SMILES string of the molecule is N=C/C(=C\NCc1cncnc1)c1cnc2ccc(Cl)nc2c1. The summed E-state index contributed by atoms with van der Waals surface area (Å²) >= 11 is 5.91. The standard InChI is InChI=1S/C16H13ClN6/c17-16-2-1-14-15(23-16)3-12(9-22-14)13(4-18)8-19-5-11-6-20-10-21-7-11/h1-4,6-10,18-19H,5H2/b13-8+,18-4?. The van der Waals surface area contributed by atoms with Crippen molar-refractivity contribution in [2.75, 3.05) is 0 Å². The van der Waals surface area contributed by atoms with Crippen molar-refractivity contribution in [3.05, 3.63) is 65.6 Å². The summed E-state index contributed by atoms with van der Waals surface area (Å²) < 4.78 is 0. The quantitative estimate of drug-likeness (QED) is 0.556. The predicted octanol–water partition coefficient (Wildman–Crippen LogP) is 2.85. The summed E-state index contributed by atoms with van der Waals surface area (Å²) in [5.74, 6) is 0. The van der Waals surface area contributed by atoms with Gasteiger partial charge in [0.2, 0.25) is 0 Å². The van der Waals surface area contributed by atoms with Crippen LogP contribution >= 0.6 is 11.6 Å². The van der Waals surface area contributed by atoms with Crippen molar-refractivity contribution in [2.24, 2.45) is 0 Å². The number of nitrogens with one attached hydrogen (secondary N) is 2. The minimum atomic E-state index is 0.416. The van der Waals surface area contributed by atoms with Crippen LogP contribution in [0.5, 0.6) is 0 Å². The average molecular weight is 325 g/mol. The third-order valence-electron chi connectivity index (χ3n) is 3.17. The van der Waals surface area contributed by atoms with E-state index in [9.17, 15) is 0 Å². The van der Waals surface area contributed by atoms with Gasteiger partial charge in [-0.1, -0.05) is 11.6 Å². The monoisotopic (exact) mass is 324 g/mol. The summed E-state index contributed by atoms with van der Waals surface area (Å²) in [6.45, 7) is 0.573. The Kier molecular flexibility index (Phi) is 4.54. The van der Waals surface area contributed by atoms with E-state index in [1.807, 2.05) is 12.1 Å². The maximum Gasteiger partial charge on any atom is 0.129 e. The van der Waals surface area contributed by atoms with Crippen molar-refractivity contribution < 1.29 is 0 Å². The van der Waals surface area contributed by atoms with Crippen molar-refractivity contribution in [3.8, 4) is 0 Å². The fourth-order valence-electron chi connectivity index (χ4n) is 2.05. The normalized spacial score (nSPS) is 11.4. The number of halogens is 1. The highest BCUT2D eigenvalue weighted by atomic mass is 35.5. The number of hydrogen-bond acceptors (Lipinski definition) is 6. The molecule has 0 aliphatic carbocycles. The number of pyridine rings is 2. The fraction of sp³-hybridized carbons (Fsp3) is 0.0625. The van der Waals surface area contributed by atoms with Crippen LogP contribution in [0, 0.1) is 5.41 Å². The first-order valence-electron chi connectivity index (χ1n) is 6.87. The van der Waals surface area contributed by atoms with Crippen LogP contribution in [0.1, 0.15) is 11.1 Å². The largest absolute Gasteiger partial charge is 0.386 e. The first-order valence-corrected chi connectivity index (χ1v) is 7.24. The highest BCUT2D eigenvalue weighted by molar-refractivity contribution is 6.29. The van der Waals surface area contributed by atoms with Gasteiger partial charge in [0.15, 0.2) is 0 Å². The van der Waals surface area contributed by atoms with Gasteiger partial charge in [0.05, 0.1) is 11.0 Å². The van der Waals surface area contributed by atoms with E-state index in [2.05, 4.69) is 25.3 Å². The summed E-state index contributed by atoms with van der Waals surface area (Å²) in [7, 11) is 0. The second-order valence-electron chi connectivity index (χ2n) is 4.77. The van der Waals surface area contributed by atoms with Gasteiger partial charge in [-0.05, 0) is 18.2 Å². The first kappa shape index (κ1) is 15.1. The van der Waals surface area contributed by atoms with E-state index in [4.69, 9.17) is 17.0 Å². The van der Waals surface area contributed by atoms with Crippen molar-refractivity contribution in [2.45, 2.75) is 6.54 Å². The fourth-order valence-corrected chi connectivity index (χ4v) is 2.20. The van der Waals surface area contributed by atoms with E-state index >= 15 is 0 Å². The van der Waals surface area contributed by atoms with Crippen molar-refractivity contribution in [3.63, 3.8) is 0 Å². The maximum absolute atomic E-state index is 7.60. The van der Waals surface area contributed by atoms with Gasteiger partial charge < -0.3 is 10.7 Å². The number of nitrogens with zero attached hydrogens (tertiary/aromatic N) is 4. The van der Waals surface area contributed by atoms with Crippen LogP contribution in [0.25, 0.3) is 16.6 Å². The Hall–Kier alpha value is -2.86. The number of allylic oxidation sites excluding steroid dienone is 1. The molecular formula is C16H13ClN6. The molecule has 0 saturated carbocycles. The summed E-state index contributed by atoms with van der Waals surface area (Å²) in [5, 5.41) is 11.2. The highest BCUT2D eigenvalue weighted by Gasteiger charge is 2.04. The average Bonchev–Trinajstić information content (AvgIpc) is 2.59. The smallest absolute Gasteiger partial charge is 0.129 e. The highest BCUT2D eigenvalue weighted by Crippen LogP contribution is 2.18. The van der Waals surface area contributed by atoms with Gasteiger partial charge in [0.25, 0.3) is 0 Å². The molecule has 0 aromatic carbocycles. The molecule has 0 fully saturated rings. The topological polar surface area (TPSA) is 87.4 Å². The third kappa shape index (κ3) is 3.67. The maximum atomic E-state index is 7.60. The number of aromatic nitrogens is 4. The van der Waals surface area contributed by atoms with Gasteiger partial charge in [-0.25, -0.2) is 15.0 Å². The Morgan fingerprint density at radius 2 is 2.00 bits per heavy atom. The van der Waals surface area contributed by atoms with E-state index in [-0.39, 0.29) is 0 Å². The molecule has 0 unspecified atom stereocenters. The van der Waals surface area contributed by atoms with Crippen molar-refractivity contribution >= 4 is 34.4 Å². The molecule has 7 heteroatoms. The predicted molar refractivity (Wildman–Crippen MR) is 90.2 cm³/mol. The Balaban J connectivity index is 1.82. The minimum absolute atomic E-state index is 0.416. The van der Waals surface area contributed by atoms with Gasteiger partial charge >= 0.3 is 0 Å². The zero-order chi connectivity index (χ0) is 16.1. The Labute approximate surface area is 137 Å². The molecule has 0 aliphatic heterocycles. The third-order valence-corrected chi connectivity index (χ3v) is 3.38. The zero-order valence-electron chi connectivity index (χ0n) is 12.1. The van der Waals surface area contributed by atoms with Crippen LogP contribution in [0.4, 0.5) is 0 Å². The molecule has 2 N–H and O–H groups in total. The lowest BCUT2D eigenvalue weighted by atomic mass is 10.1. The number of hydrogen-bond donors (Lipinski definition) is 2. The molecule has 3 aromatic rings. The molecule has 0 radical (unpaired) electrons. The number of rotatable bonds is 5. The molecule has 23 heavy (non-hydrogen) atoms. The lowest BCUT2D eigenvalue weighted by Crippen LogP contribution is -2.07. The lowest BCUT2D eigenvalue weighted by Gasteiger charge is -2.05. The molecule has 0 saturated heterocycles. The summed E-state index contributed by atoms with van der Waals surface area (Å²) in [4.78, 5) is 16.5. The van der Waals surface area contributed by atoms with Crippen LogP contribution < -0.4 is 5.32 Å². The van der Waals surface area contributed by atoms with Crippen molar-refractivity contribution in [1.82, 2.24) is 25.3 Å².